The van der Waals surface area contributed by atoms with Gasteiger partial charge in [0.15, 0.2) is 0 Å². The van der Waals surface area contributed by atoms with Crippen molar-refractivity contribution in [2.75, 3.05) is 0 Å². The first kappa shape index (κ1) is 36.3. The molecule has 0 aliphatic rings. The topological polar surface area (TPSA) is 27.7 Å². The van der Waals surface area contributed by atoms with Gasteiger partial charge < -0.3 is 13.3 Å². The van der Waals surface area contributed by atoms with Crippen LogP contribution >= 0.6 is 0 Å². The van der Waals surface area contributed by atoms with Gasteiger partial charge in [-0.1, -0.05) is 125 Å². The lowest BCUT2D eigenvalue weighted by Gasteiger charge is -2.44. The highest BCUT2D eigenvalue weighted by molar-refractivity contribution is 6.79. The first-order valence-corrected chi connectivity index (χ1v) is 22.4. The Bertz CT molecular complexity index is 696. The molecular formula is C33H66O3Si3. The molecule has 0 heterocycles. The van der Waals surface area contributed by atoms with Crippen LogP contribution in [-0.4, -0.2) is 25.0 Å². The molecule has 0 spiro atoms. The molecule has 1 aromatic rings. The first-order chi connectivity index (χ1) is 17.7. The maximum Gasteiger partial charge on any atom is 0.258 e. The second-order valence-electron chi connectivity index (χ2n) is 14.9. The van der Waals surface area contributed by atoms with Crippen molar-refractivity contribution >= 4 is 25.0 Å². The maximum atomic E-state index is 7.27. The van der Waals surface area contributed by atoms with Gasteiger partial charge in [0.1, 0.15) is 17.2 Å². The van der Waals surface area contributed by atoms with E-state index in [0.29, 0.717) is 49.9 Å². The number of hydrogen-bond donors (Lipinski definition) is 0. The van der Waals surface area contributed by atoms with Gasteiger partial charge in [0, 0.05) is 18.2 Å². The molecule has 228 valence electrons. The van der Waals surface area contributed by atoms with E-state index in [-0.39, 0.29) is 0 Å². The zero-order chi connectivity index (χ0) is 30.7. The summed E-state index contributed by atoms with van der Waals surface area (Å²) < 4.78 is 21.8. The van der Waals surface area contributed by atoms with E-state index in [9.17, 15) is 0 Å². The standard InChI is InChI=1S/C33H66O3Si3/c1-22(2)37(23(3)4,24(5)6)34-31-19-32(35-38(25(7)8,26(9)10)27(11)12)21-33(20-31)36-39(28(13)14,29(15)16)30(17)18/h19-30H,1-18H3. The summed E-state index contributed by atoms with van der Waals surface area (Å²) in [7, 11) is -6.45. The van der Waals surface area contributed by atoms with Crippen LogP contribution in [0, 0.1) is 0 Å². The van der Waals surface area contributed by atoms with Gasteiger partial charge in [-0.15, -0.1) is 0 Å². The Morgan fingerprint density at radius 3 is 0.538 bits per heavy atom. The maximum absolute atomic E-state index is 7.27. The fourth-order valence-electron chi connectivity index (χ4n) is 8.40. The minimum Gasteiger partial charge on any atom is -0.543 e. The summed E-state index contributed by atoms with van der Waals surface area (Å²) in [5, 5.41) is 0. The van der Waals surface area contributed by atoms with Crippen LogP contribution in [-0.2, 0) is 0 Å². The second-order valence-corrected chi connectivity index (χ2v) is 31.0. The smallest absolute Gasteiger partial charge is 0.258 e. The lowest BCUT2D eigenvalue weighted by molar-refractivity contribution is 0.445. The Hall–Kier alpha value is -0.729. The molecule has 0 fully saturated rings. The molecule has 0 saturated carbocycles. The summed E-state index contributed by atoms with van der Waals surface area (Å²) in [5.74, 6) is 2.80. The molecule has 39 heavy (non-hydrogen) atoms. The predicted molar refractivity (Wildman–Crippen MR) is 181 cm³/mol. The molecule has 0 atom stereocenters. The summed E-state index contributed by atoms with van der Waals surface area (Å²) in [5.41, 5.74) is 4.48. The van der Waals surface area contributed by atoms with E-state index < -0.39 is 25.0 Å². The minimum absolute atomic E-state index is 0.498. The van der Waals surface area contributed by atoms with Crippen molar-refractivity contribution in [2.45, 2.75) is 174 Å². The van der Waals surface area contributed by atoms with Crippen LogP contribution in [0.4, 0.5) is 0 Å². The van der Waals surface area contributed by atoms with Gasteiger partial charge in [0.25, 0.3) is 25.0 Å². The normalized spacial score (nSPS) is 13.9. The monoisotopic (exact) mass is 594 g/mol. The van der Waals surface area contributed by atoms with E-state index in [2.05, 4.69) is 143 Å². The number of benzene rings is 1. The highest BCUT2D eigenvalue weighted by Gasteiger charge is 2.50. The molecule has 1 rings (SSSR count). The van der Waals surface area contributed by atoms with Crippen molar-refractivity contribution in [1.82, 2.24) is 0 Å². The van der Waals surface area contributed by atoms with E-state index >= 15 is 0 Å². The molecule has 3 nitrogen and oxygen atoms in total. The van der Waals surface area contributed by atoms with Crippen molar-refractivity contribution in [3.8, 4) is 17.2 Å². The molecule has 0 N–H and O–H groups in total. The third-order valence-corrected chi connectivity index (χ3v) is 27.9. The largest absolute Gasteiger partial charge is 0.543 e. The number of hydrogen-bond acceptors (Lipinski definition) is 3. The third kappa shape index (κ3) is 7.20. The van der Waals surface area contributed by atoms with E-state index in [1.807, 2.05) is 0 Å². The van der Waals surface area contributed by atoms with Crippen LogP contribution in [0.5, 0.6) is 17.2 Å². The van der Waals surface area contributed by atoms with Gasteiger partial charge >= 0.3 is 0 Å². The zero-order valence-corrected chi connectivity index (χ0v) is 32.2. The van der Waals surface area contributed by atoms with Crippen LogP contribution in [0.25, 0.3) is 0 Å². The highest BCUT2D eigenvalue weighted by Crippen LogP contribution is 2.48. The molecule has 0 aliphatic carbocycles. The summed E-state index contributed by atoms with van der Waals surface area (Å²) in [6.07, 6.45) is 0. The Labute approximate surface area is 247 Å². The van der Waals surface area contributed by atoms with Gasteiger partial charge in [0.2, 0.25) is 0 Å². The SMILES string of the molecule is CC(C)[Si](Oc1cc(O[Si](C(C)C)(C(C)C)C(C)C)cc(O[Si](C(C)C)(C(C)C)C(C)C)c1)(C(C)C)C(C)C. The Balaban J connectivity index is 3.95. The predicted octanol–water partition coefficient (Wildman–Crippen LogP) is 12.3. The molecule has 0 saturated heterocycles. The fraction of sp³-hybridized carbons (Fsp3) is 0.818. The third-order valence-electron chi connectivity index (χ3n) is 9.86. The van der Waals surface area contributed by atoms with Crippen LogP contribution in [0.3, 0.4) is 0 Å². The van der Waals surface area contributed by atoms with Crippen molar-refractivity contribution in [2.24, 2.45) is 0 Å². The van der Waals surface area contributed by atoms with E-state index in [4.69, 9.17) is 13.3 Å². The van der Waals surface area contributed by atoms with Crippen molar-refractivity contribution in [3.05, 3.63) is 18.2 Å². The molecule has 1 aromatic carbocycles. The average Bonchev–Trinajstić information content (AvgIpc) is 2.77. The van der Waals surface area contributed by atoms with E-state index in [1.165, 1.54) is 0 Å². The van der Waals surface area contributed by atoms with Crippen molar-refractivity contribution in [1.29, 1.82) is 0 Å². The lowest BCUT2D eigenvalue weighted by atomic mass is 10.3. The van der Waals surface area contributed by atoms with Crippen LogP contribution in [0.2, 0.25) is 49.9 Å². The van der Waals surface area contributed by atoms with Gasteiger partial charge in [0.05, 0.1) is 0 Å². The zero-order valence-electron chi connectivity index (χ0n) is 29.2. The van der Waals surface area contributed by atoms with Crippen molar-refractivity contribution in [3.63, 3.8) is 0 Å². The average molecular weight is 595 g/mol. The Morgan fingerprint density at radius 1 is 0.308 bits per heavy atom. The fourth-order valence-corrected chi connectivity index (χ4v) is 24.1. The summed E-state index contributed by atoms with van der Waals surface area (Å²) in [6, 6.07) is 6.58. The molecule has 0 radical (unpaired) electrons. The molecule has 0 aromatic heterocycles. The van der Waals surface area contributed by atoms with E-state index in [0.717, 1.165) is 17.2 Å². The molecule has 0 amide bonds. The Kier molecular flexibility index (Phi) is 13.0. The molecule has 0 bridgehead atoms. The molecule has 0 unspecified atom stereocenters. The van der Waals surface area contributed by atoms with Gasteiger partial charge in [-0.05, 0) is 49.9 Å². The van der Waals surface area contributed by atoms with Gasteiger partial charge in [-0.2, -0.15) is 0 Å². The summed E-state index contributed by atoms with van der Waals surface area (Å²) >= 11 is 0. The van der Waals surface area contributed by atoms with Gasteiger partial charge in [-0.25, -0.2) is 0 Å². The van der Waals surface area contributed by atoms with Crippen molar-refractivity contribution < 1.29 is 13.3 Å². The Morgan fingerprint density at radius 2 is 0.436 bits per heavy atom. The second kappa shape index (κ2) is 14.0. The molecular weight excluding hydrogens is 529 g/mol. The first-order valence-electron chi connectivity index (χ1n) is 15.9. The van der Waals surface area contributed by atoms with E-state index in [1.54, 1.807) is 0 Å². The van der Waals surface area contributed by atoms with Crippen LogP contribution in [0.15, 0.2) is 18.2 Å². The van der Waals surface area contributed by atoms with Gasteiger partial charge in [-0.3, -0.25) is 0 Å². The lowest BCUT2D eigenvalue weighted by Crippen LogP contribution is -2.52. The highest BCUT2D eigenvalue weighted by atomic mass is 28.4. The van der Waals surface area contributed by atoms with Crippen LogP contribution in [0.1, 0.15) is 125 Å². The minimum atomic E-state index is -2.15. The molecule has 0 aliphatic heterocycles. The summed E-state index contributed by atoms with van der Waals surface area (Å²) in [4.78, 5) is 0. The molecule has 6 heteroatoms. The number of rotatable bonds is 15. The summed E-state index contributed by atoms with van der Waals surface area (Å²) in [6.45, 7) is 42.4. The quantitative estimate of drug-likeness (QED) is 0.189. The van der Waals surface area contributed by atoms with Crippen LogP contribution < -0.4 is 13.3 Å².